The van der Waals surface area contributed by atoms with Crippen LogP contribution >= 0.6 is 11.5 Å². The van der Waals surface area contributed by atoms with Gasteiger partial charge < -0.3 is 20.5 Å². The van der Waals surface area contributed by atoms with Crippen molar-refractivity contribution in [1.82, 2.24) is 9.36 Å². The highest BCUT2D eigenvalue weighted by Crippen LogP contribution is 2.23. The molecule has 0 saturated heterocycles. The lowest BCUT2D eigenvalue weighted by atomic mass is 9.95. The quantitative estimate of drug-likeness (QED) is 0.436. The van der Waals surface area contributed by atoms with Crippen molar-refractivity contribution in [3.63, 3.8) is 0 Å². The van der Waals surface area contributed by atoms with Gasteiger partial charge in [0.25, 0.3) is 0 Å². The molecule has 0 spiro atoms. The number of hydrogen-bond donors (Lipinski definition) is 2. The molecule has 0 bridgehead atoms. The van der Waals surface area contributed by atoms with Gasteiger partial charge in [-0.05, 0) is 36.8 Å². The summed E-state index contributed by atoms with van der Waals surface area (Å²) in [6.07, 6.45) is 2.14. The van der Waals surface area contributed by atoms with E-state index in [9.17, 15) is 4.79 Å². The highest BCUT2D eigenvalue weighted by atomic mass is 32.1. The van der Waals surface area contributed by atoms with Crippen molar-refractivity contribution in [1.29, 1.82) is 0 Å². The third-order valence-electron chi connectivity index (χ3n) is 5.00. The molecule has 8 heteroatoms. The van der Waals surface area contributed by atoms with Crippen molar-refractivity contribution < 1.29 is 14.3 Å². The van der Waals surface area contributed by atoms with Crippen LogP contribution in [0.5, 0.6) is 11.5 Å². The van der Waals surface area contributed by atoms with Crippen molar-refractivity contribution in [2.24, 2.45) is 5.73 Å². The number of nitrogens with two attached hydrogens (primary N) is 1. The lowest BCUT2D eigenvalue weighted by molar-refractivity contribution is 0.0957. The molecular formula is C23H28N4O3S. The van der Waals surface area contributed by atoms with E-state index in [1.165, 1.54) is 11.5 Å². The number of anilines is 1. The second-order valence-corrected chi connectivity index (χ2v) is 7.92. The predicted molar refractivity (Wildman–Crippen MR) is 123 cm³/mol. The number of benzene rings is 2. The summed E-state index contributed by atoms with van der Waals surface area (Å²) >= 11 is 1.22. The number of nitrogens with zero attached hydrogens (tertiary/aromatic N) is 2. The van der Waals surface area contributed by atoms with E-state index in [0.717, 1.165) is 17.7 Å². The van der Waals surface area contributed by atoms with Gasteiger partial charge in [-0.2, -0.15) is 4.37 Å². The number of hydrogen-bond acceptors (Lipinski definition) is 8. The standard InChI is InChI=1S/C23H28N4O3S/c1-4-7-18(24)21(22(28)15-10-12-17(29-2)13-11-15)26-23-25-20(27-31-23)14-16-8-5-6-9-19(16)30-3/h5-6,8-13,18,21H,4,7,14,24H2,1-3H3,(H,25,26,27). The zero-order valence-electron chi connectivity index (χ0n) is 18.0. The molecule has 164 valence electrons. The molecule has 0 radical (unpaired) electrons. The molecule has 3 rings (SSSR count). The summed E-state index contributed by atoms with van der Waals surface area (Å²) in [7, 11) is 3.24. The summed E-state index contributed by atoms with van der Waals surface area (Å²) in [5.74, 6) is 2.08. The Bertz CT molecular complexity index is 990. The van der Waals surface area contributed by atoms with Gasteiger partial charge in [0.05, 0.1) is 14.2 Å². The zero-order valence-corrected chi connectivity index (χ0v) is 18.8. The monoisotopic (exact) mass is 440 g/mol. The highest BCUT2D eigenvalue weighted by molar-refractivity contribution is 7.09. The van der Waals surface area contributed by atoms with Gasteiger partial charge in [0.15, 0.2) is 5.78 Å². The van der Waals surface area contributed by atoms with Gasteiger partial charge in [0.1, 0.15) is 23.4 Å². The third-order valence-corrected chi connectivity index (χ3v) is 5.68. The Morgan fingerprint density at radius 3 is 2.55 bits per heavy atom. The fourth-order valence-electron chi connectivity index (χ4n) is 3.34. The van der Waals surface area contributed by atoms with Crippen molar-refractivity contribution in [2.45, 2.75) is 38.3 Å². The molecular weight excluding hydrogens is 412 g/mol. The van der Waals surface area contributed by atoms with Gasteiger partial charge in [-0.15, -0.1) is 0 Å². The minimum Gasteiger partial charge on any atom is -0.497 e. The third kappa shape index (κ3) is 5.80. The van der Waals surface area contributed by atoms with Crippen LogP contribution in [-0.2, 0) is 6.42 Å². The van der Waals surface area contributed by atoms with Crippen LogP contribution in [-0.4, -0.2) is 41.4 Å². The van der Waals surface area contributed by atoms with Gasteiger partial charge >= 0.3 is 0 Å². The highest BCUT2D eigenvalue weighted by Gasteiger charge is 2.27. The van der Waals surface area contributed by atoms with Crippen LogP contribution in [0.3, 0.4) is 0 Å². The Balaban J connectivity index is 1.77. The van der Waals surface area contributed by atoms with E-state index in [-0.39, 0.29) is 11.8 Å². The van der Waals surface area contributed by atoms with Crippen molar-refractivity contribution in [3.05, 3.63) is 65.5 Å². The van der Waals surface area contributed by atoms with Crippen LogP contribution in [0.25, 0.3) is 0 Å². The lowest BCUT2D eigenvalue weighted by Crippen LogP contribution is -2.46. The van der Waals surface area contributed by atoms with Crippen LogP contribution in [0.1, 0.15) is 41.5 Å². The molecule has 1 heterocycles. The first-order valence-corrected chi connectivity index (χ1v) is 11.0. The number of methoxy groups -OCH3 is 2. The van der Waals surface area contributed by atoms with E-state index in [2.05, 4.69) is 14.7 Å². The summed E-state index contributed by atoms with van der Waals surface area (Å²) < 4.78 is 15.0. The molecule has 1 aromatic heterocycles. The summed E-state index contributed by atoms with van der Waals surface area (Å²) in [5.41, 5.74) is 7.95. The molecule has 0 amide bonds. The zero-order chi connectivity index (χ0) is 22.2. The fourth-order valence-corrected chi connectivity index (χ4v) is 3.96. The van der Waals surface area contributed by atoms with Gasteiger partial charge in [-0.3, -0.25) is 4.79 Å². The predicted octanol–water partition coefficient (Wildman–Crippen LogP) is 3.94. The normalized spacial score (nSPS) is 12.8. The van der Waals surface area contributed by atoms with E-state index in [1.54, 1.807) is 38.5 Å². The van der Waals surface area contributed by atoms with Crippen LogP contribution < -0.4 is 20.5 Å². The number of nitrogens with one attached hydrogen (secondary N) is 1. The van der Waals surface area contributed by atoms with E-state index < -0.39 is 6.04 Å². The van der Waals surface area contributed by atoms with Crippen LogP contribution in [0, 0.1) is 0 Å². The first kappa shape index (κ1) is 22.7. The molecule has 3 aromatic rings. The second kappa shape index (κ2) is 10.9. The SMILES string of the molecule is CCCC(N)C(Nc1nc(Cc2ccccc2OC)ns1)C(=O)c1ccc(OC)cc1. The fraction of sp³-hybridized carbons (Fsp3) is 0.348. The number of para-hydroxylation sites is 1. The summed E-state index contributed by atoms with van der Waals surface area (Å²) in [6, 6.07) is 13.9. The van der Waals surface area contributed by atoms with Gasteiger partial charge in [0, 0.05) is 35.1 Å². The largest absolute Gasteiger partial charge is 0.497 e. The van der Waals surface area contributed by atoms with Gasteiger partial charge in [-0.25, -0.2) is 4.98 Å². The molecule has 0 aliphatic carbocycles. The maximum Gasteiger partial charge on any atom is 0.203 e. The maximum atomic E-state index is 13.2. The average Bonchev–Trinajstić information content (AvgIpc) is 3.24. The van der Waals surface area contributed by atoms with Crippen molar-refractivity contribution in [2.75, 3.05) is 19.5 Å². The molecule has 0 aliphatic heterocycles. The molecule has 2 unspecified atom stereocenters. The minimum absolute atomic E-state index is 0.0786. The number of ketones is 1. The molecule has 0 saturated carbocycles. The first-order chi connectivity index (χ1) is 15.0. The maximum absolute atomic E-state index is 13.2. The summed E-state index contributed by atoms with van der Waals surface area (Å²) in [6.45, 7) is 2.05. The molecule has 0 aliphatic rings. The Morgan fingerprint density at radius 2 is 1.87 bits per heavy atom. The summed E-state index contributed by atoms with van der Waals surface area (Å²) in [5, 5.41) is 3.81. The number of ether oxygens (including phenoxy) is 2. The Hall–Kier alpha value is -2.97. The van der Waals surface area contributed by atoms with E-state index in [0.29, 0.717) is 35.1 Å². The van der Waals surface area contributed by atoms with Crippen LogP contribution in [0.2, 0.25) is 0 Å². The molecule has 3 N–H and O–H groups in total. The molecule has 31 heavy (non-hydrogen) atoms. The smallest absolute Gasteiger partial charge is 0.203 e. The number of carbonyl (C=O) groups excluding carboxylic acids is 1. The van der Waals surface area contributed by atoms with Crippen molar-refractivity contribution >= 4 is 22.4 Å². The number of rotatable bonds is 11. The van der Waals surface area contributed by atoms with E-state index in [4.69, 9.17) is 15.2 Å². The van der Waals surface area contributed by atoms with Crippen LogP contribution in [0.15, 0.2) is 48.5 Å². The first-order valence-electron chi connectivity index (χ1n) is 10.2. The van der Waals surface area contributed by atoms with Crippen molar-refractivity contribution in [3.8, 4) is 11.5 Å². The Kier molecular flexibility index (Phi) is 7.97. The topological polar surface area (TPSA) is 99.4 Å². The van der Waals surface area contributed by atoms with Crippen LogP contribution in [0.4, 0.5) is 5.13 Å². The van der Waals surface area contributed by atoms with E-state index in [1.807, 2.05) is 31.2 Å². The Morgan fingerprint density at radius 1 is 1.13 bits per heavy atom. The van der Waals surface area contributed by atoms with Gasteiger partial charge in [-0.1, -0.05) is 31.5 Å². The number of Topliss-reactive ketones (excluding diaryl/α,β-unsaturated/α-hetero) is 1. The Labute approximate surface area is 186 Å². The summed E-state index contributed by atoms with van der Waals surface area (Å²) in [4.78, 5) is 17.8. The minimum atomic E-state index is -0.597. The second-order valence-electron chi connectivity index (χ2n) is 7.17. The molecule has 7 nitrogen and oxygen atoms in total. The number of carbonyl (C=O) groups is 1. The lowest BCUT2D eigenvalue weighted by Gasteiger charge is -2.23. The molecule has 2 aromatic carbocycles. The molecule has 0 fully saturated rings. The average molecular weight is 441 g/mol. The van der Waals surface area contributed by atoms with E-state index >= 15 is 0 Å². The van der Waals surface area contributed by atoms with Gasteiger partial charge in [0.2, 0.25) is 5.13 Å². The number of aromatic nitrogens is 2. The molecule has 2 atom stereocenters.